The molecule has 0 saturated carbocycles. The van der Waals surface area contributed by atoms with Gasteiger partial charge in [0.25, 0.3) is 0 Å². The highest BCUT2D eigenvalue weighted by Gasteiger charge is 2.33. The molecule has 0 fully saturated rings. The number of rotatable bonds is 7. The third-order valence-electron chi connectivity index (χ3n) is 3.61. The molecule has 2 N–H and O–H groups in total. The summed E-state index contributed by atoms with van der Waals surface area (Å²) in [6.07, 6.45) is 0.831. The molecule has 4 nitrogen and oxygen atoms in total. The van der Waals surface area contributed by atoms with Gasteiger partial charge in [-0.05, 0) is 32.4 Å². The molecule has 1 aromatic rings. The van der Waals surface area contributed by atoms with E-state index in [4.69, 9.17) is 19.9 Å². The van der Waals surface area contributed by atoms with Crippen LogP contribution in [0.25, 0.3) is 0 Å². The van der Waals surface area contributed by atoms with E-state index in [1.807, 2.05) is 32.0 Å². The fourth-order valence-corrected chi connectivity index (χ4v) is 2.15. The molecule has 0 bridgehead atoms. The van der Waals surface area contributed by atoms with Crippen LogP contribution in [-0.4, -0.2) is 26.4 Å². The van der Waals surface area contributed by atoms with E-state index in [2.05, 4.69) is 6.92 Å². The smallest absolute Gasteiger partial charge is 0.127 e. The molecule has 0 radical (unpaired) electrons. The van der Waals surface area contributed by atoms with E-state index in [-0.39, 0.29) is 6.04 Å². The largest absolute Gasteiger partial charge is 0.497 e. The van der Waals surface area contributed by atoms with Crippen molar-refractivity contribution in [1.29, 1.82) is 0 Å². The molecule has 0 aromatic heterocycles. The first kappa shape index (κ1) is 15.8. The van der Waals surface area contributed by atoms with E-state index in [0.29, 0.717) is 6.61 Å². The van der Waals surface area contributed by atoms with Gasteiger partial charge >= 0.3 is 0 Å². The zero-order valence-electron chi connectivity index (χ0n) is 12.5. The summed E-state index contributed by atoms with van der Waals surface area (Å²) in [4.78, 5) is 0. The number of hydrogen-bond donors (Lipinski definition) is 1. The molecular formula is C15H25NO3. The highest BCUT2D eigenvalue weighted by atomic mass is 16.5. The first-order valence-electron chi connectivity index (χ1n) is 6.63. The van der Waals surface area contributed by atoms with E-state index in [9.17, 15) is 0 Å². The predicted octanol–water partition coefficient (Wildman–Crippen LogP) is 2.91. The molecule has 0 spiro atoms. The second-order valence-electron chi connectivity index (χ2n) is 4.68. The maximum Gasteiger partial charge on any atom is 0.127 e. The zero-order chi connectivity index (χ0) is 14.5. The highest BCUT2D eigenvalue weighted by molar-refractivity contribution is 5.43. The second-order valence-corrected chi connectivity index (χ2v) is 4.68. The third-order valence-corrected chi connectivity index (χ3v) is 3.61. The monoisotopic (exact) mass is 267 g/mol. The minimum absolute atomic E-state index is 0.252. The van der Waals surface area contributed by atoms with Gasteiger partial charge in [-0.3, -0.25) is 0 Å². The molecule has 0 saturated heterocycles. The highest BCUT2D eigenvalue weighted by Crippen LogP contribution is 2.36. The normalized spacial score (nSPS) is 15.7. The van der Waals surface area contributed by atoms with Gasteiger partial charge in [-0.2, -0.15) is 0 Å². The van der Waals surface area contributed by atoms with E-state index in [1.54, 1.807) is 14.2 Å². The minimum atomic E-state index is -0.406. The molecular weight excluding hydrogens is 242 g/mol. The lowest BCUT2D eigenvalue weighted by molar-refractivity contribution is -0.0476. The van der Waals surface area contributed by atoms with Gasteiger partial charge < -0.3 is 19.9 Å². The Kier molecular flexibility index (Phi) is 5.63. The summed E-state index contributed by atoms with van der Waals surface area (Å²) in [6, 6.07) is 5.42. The van der Waals surface area contributed by atoms with Crippen LogP contribution in [0.1, 0.15) is 38.8 Å². The van der Waals surface area contributed by atoms with E-state index in [1.165, 1.54) is 0 Å². The second kappa shape index (κ2) is 6.78. The van der Waals surface area contributed by atoms with Gasteiger partial charge in [-0.15, -0.1) is 0 Å². The van der Waals surface area contributed by atoms with Gasteiger partial charge in [0.05, 0.1) is 25.9 Å². The quantitative estimate of drug-likeness (QED) is 0.825. The summed E-state index contributed by atoms with van der Waals surface area (Å²) < 4.78 is 16.4. The van der Waals surface area contributed by atoms with Crippen molar-refractivity contribution in [2.45, 2.75) is 38.8 Å². The maximum absolute atomic E-state index is 6.39. The van der Waals surface area contributed by atoms with Crippen molar-refractivity contribution in [2.24, 2.45) is 5.73 Å². The van der Waals surface area contributed by atoms with Crippen LogP contribution in [0.4, 0.5) is 0 Å². The van der Waals surface area contributed by atoms with Gasteiger partial charge in [-0.25, -0.2) is 0 Å². The summed E-state index contributed by atoms with van der Waals surface area (Å²) in [7, 11) is 3.26. The van der Waals surface area contributed by atoms with Crippen LogP contribution in [0.2, 0.25) is 0 Å². The maximum atomic E-state index is 6.39. The van der Waals surface area contributed by atoms with Crippen LogP contribution >= 0.6 is 0 Å². The Labute approximate surface area is 115 Å². The predicted molar refractivity (Wildman–Crippen MR) is 76.8 cm³/mol. The molecule has 1 rings (SSSR count). The van der Waals surface area contributed by atoms with Crippen LogP contribution in [-0.2, 0) is 4.74 Å². The molecule has 0 aliphatic rings. The molecule has 108 valence electrons. The Hall–Kier alpha value is -1.26. The van der Waals surface area contributed by atoms with Gasteiger partial charge in [0.15, 0.2) is 0 Å². The lowest BCUT2D eigenvalue weighted by Crippen LogP contribution is -2.40. The molecule has 1 aromatic carbocycles. The summed E-state index contributed by atoms with van der Waals surface area (Å²) in [5.74, 6) is 1.48. The Morgan fingerprint density at radius 3 is 2.37 bits per heavy atom. The van der Waals surface area contributed by atoms with Crippen molar-refractivity contribution in [3.63, 3.8) is 0 Å². The number of benzene rings is 1. The van der Waals surface area contributed by atoms with Crippen molar-refractivity contribution in [2.75, 3.05) is 20.8 Å². The molecule has 4 heteroatoms. The topological polar surface area (TPSA) is 53.7 Å². The van der Waals surface area contributed by atoms with Gasteiger partial charge in [0.2, 0.25) is 0 Å². The van der Waals surface area contributed by atoms with Gasteiger partial charge in [-0.1, -0.05) is 6.92 Å². The van der Waals surface area contributed by atoms with Crippen LogP contribution < -0.4 is 15.2 Å². The van der Waals surface area contributed by atoms with E-state index < -0.39 is 5.60 Å². The summed E-state index contributed by atoms with van der Waals surface area (Å²) >= 11 is 0. The molecule has 19 heavy (non-hydrogen) atoms. The fourth-order valence-electron chi connectivity index (χ4n) is 2.15. The Balaban J connectivity index is 3.13. The lowest BCUT2D eigenvalue weighted by atomic mass is 9.88. The summed E-state index contributed by atoms with van der Waals surface area (Å²) in [5.41, 5.74) is 6.92. The fraction of sp³-hybridized carbons (Fsp3) is 0.600. The standard InChI is InChI=1S/C15H25NO3/c1-6-15(3,19-7-2)14(16)12-9-8-11(17-4)10-13(12)18-5/h8-10,14H,6-7,16H2,1-5H3. The van der Waals surface area contributed by atoms with Crippen LogP contribution in [0.5, 0.6) is 11.5 Å². The Bertz CT molecular complexity index is 408. The molecule has 0 amide bonds. The molecule has 0 heterocycles. The Morgan fingerprint density at radius 1 is 1.21 bits per heavy atom. The zero-order valence-corrected chi connectivity index (χ0v) is 12.5. The number of nitrogens with two attached hydrogens (primary N) is 1. The van der Waals surface area contributed by atoms with Crippen molar-refractivity contribution in [3.05, 3.63) is 23.8 Å². The molecule has 0 aliphatic carbocycles. The van der Waals surface area contributed by atoms with Gasteiger partial charge in [0, 0.05) is 18.2 Å². The van der Waals surface area contributed by atoms with Gasteiger partial charge in [0.1, 0.15) is 11.5 Å². The molecule has 2 unspecified atom stereocenters. The lowest BCUT2D eigenvalue weighted by Gasteiger charge is -2.35. The first-order valence-corrected chi connectivity index (χ1v) is 6.63. The average molecular weight is 267 g/mol. The third kappa shape index (κ3) is 3.39. The Morgan fingerprint density at radius 2 is 1.89 bits per heavy atom. The average Bonchev–Trinajstić information content (AvgIpc) is 2.45. The van der Waals surface area contributed by atoms with E-state index in [0.717, 1.165) is 23.5 Å². The summed E-state index contributed by atoms with van der Waals surface area (Å²) in [5, 5.41) is 0. The number of ether oxygens (including phenoxy) is 3. The SMILES string of the molecule is CCOC(C)(CC)C(N)c1ccc(OC)cc1OC. The van der Waals surface area contributed by atoms with Crippen molar-refractivity contribution in [3.8, 4) is 11.5 Å². The van der Waals surface area contributed by atoms with Crippen LogP contribution in [0.3, 0.4) is 0 Å². The van der Waals surface area contributed by atoms with Crippen molar-refractivity contribution in [1.82, 2.24) is 0 Å². The summed E-state index contributed by atoms with van der Waals surface area (Å²) in [6.45, 7) is 6.72. The first-order chi connectivity index (χ1) is 9.02. The van der Waals surface area contributed by atoms with Crippen molar-refractivity contribution < 1.29 is 14.2 Å². The number of hydrogen-bond acceptors (Lipinski definition) is 4. The number of methoxy groups -OCH3 is 2. The molecule has 2 atom stereocenters. The van der Waals surface area contributed by atoms with Crippen LogP contribution in [0, 0.1) is 0 Å². The van der Waals surface area contributed by atoms with E-state index >= 15 is 0 Å². The minimum Gasteiger partial charge on any atom is -0.497 e. The van der Waals surface area contributed by atoms with Crippen LogP contribution in [0.15, 0.2) is 18.2 Å². The molecule has 0 aliphatic heterocycles. The van der Waals surface area contributed by atoms with Crippen molar-refractivity contribution >= 4 is 0 Å².